The van der Waals surface area contributed by atoms with Crippen LogP contribution in [-0.4, -0.2) is 39.7 Å². The van der Waals surface area contributed by atoms with Crippen LogP contribution in [0.1, 0.15) is 37.8 Å². The highest BCUT2D eigenvalue weighted by atomic mass is 32.2. The summed E-state index contributed by atoms with van der Waals surface area (Å²) in [4.78, 5) is 22.3. The molecule has 2 atom stereocenters. The monoisotopic (exact) mass is 363 g/mol. The third-order valence-electron chi connectivity index (χ3n) is 3.55. The zero-order chi connectivity index (χ0) is 18.2. The lowest BCUT2D eigenvalue weighted by Crippen LogP contribution is -2.26. The van der Waals surface area contributed by atoms with Crippen molar-refractivity contribution in [1.82, 2.24) is 5.32 Å². The van der Waals surface area contributed by atoms with Gasteiger partial charge in [0.25, 0.3) is 0 Å². The Bertz CT molecular complexity index is 690. The molecule has 0 radical (unpaired) electrons. The molecule has 1 aromatic carbocycles. The van der Waals surface area contributed by atoms with E-state index < -0.39 is 11.2 Å². The number of carbonyl (C=O) groups excluding carboxylic acids is 1. The first-order valence-corrected chi connectivity index (χ1v) is 8.86. The van der Waals surface area contributed by atoms with Gasteiger partial charge in [-0.3, -0.25) is 9.59 Å². The van der Waals surface area contributed by atoms with Crippen LogP contribution in [-0.2, 0) is 20.9 Å². The van der Waals surface area contributed by atoms with Gasteiger partial charge in [-0.15, -0.1) is 5.10 Å². The average Bonchev–Trinajstić information content (AvgIpc) is 2.92. The van der Waals surface area contributed by atoms with Crippen LogP contribution in [0, 0.1) is 0 Å². The molecule has 0 aromatic heterocycles. The molecule has 1 fully saturated rings. The molecule has 25 heavy (non-hydrogen) atoms. The normalized spacial score (nSPS) is 20.2. The summed E-state index contributed by atoms with van der Waals surface area (Å²) < 4.78 is 5.70. The molecule has 0 spiro atoms. The van der Waals surface area contributed by atoms with Gasteiger partial charge in [0.15, 0.2) is 5.17 Å². The Labute approximate surface area is 150 Å². The molecule has 0 aliphatic carbocycles. The fourth-order valence-electron chi connectivity index (χ4n) is 2.01. The lowest BCUT2D eigenvalue weighted by molar-refractivity contribution is -0.138. The molecule has 0 bridgehead atoms. The van der Waals surface area contributed by atoms with Gasteiger partial charge in [-0.2, -0.15) is 5.10 Å². The Morgan fingerprint density at radius 3 is 3.04 bits per heavy atom. The van der Waals surface area contributed by atoms with Crippen molar-refractivity contribution in [3.63, 3.8) is 0 Å². The zero-order valence-electron chi connectivity index (χ0n) is 14.1. The quantitative estimate of drug-likeness (QED) is 0.546. The number of nitrogens with zero attached hydrogens (tertiary/aromatic N) is 2. The van der Waals surface area contributed by atoms with Crippen molar-refractivity contribution >= 4 is 35.0 Å². The maximum absolute atomic E-state index is 11.6. The number of ether oxygens (including phenoxy) is 1. The van der Waals surface area contributed by atoms with Crippen molar-refractivity contribution in [2.75, 3.05) is 0 Å². The van der Waals surface area contributed by atoms with Gasteiger partial charge in [0.05, 0.1) is 25.3 Å². The number of carboxylic acids is 1. The number of aliphatic carboxylic acids is 1. The van der Waals surface area contributed by atoms with Gasteiger partial charge >= 0.3 is 5.97 Å². The predicted octanol–water partition coefficient (Wildman–Crippen LogP) is 2.40. The summed E-state index contributed by atoms with van der Waals surface area (Å²) in [7, 11) is 0. The topological polar surface area (TPSA) is 100 Å². The summed E-state index contributed by atoms with van der Waals surface area (Å²) in [6, 6.07) is 7.75. The smallest absolute Gasteiger partial charge is 0.305 e. The molecule has 8 heteroatoms. The number of amides is 1. The SMILES string of the molecule is CCC(C)OCc1cccc(C=NN=C2NC(=O)C(CC(=O)O)S2)c1. The van der Waals surface area contributed by atoms with Crippen LogP contribution in [0.4, 0.5) is 0 Å². The number of rotatable bonds is 8. The van der Waals surface area contributed by atoms with E-state index in [1.165, 1.54) is 0 Å². The Hall–Kier alpha value is -2.19. The van der Waals surface area contributed by atoms with E-state index in [-0.39, 0.29) is 18.4 Å². The van der Waals surface area contributed by atoms with Crippen LogP contribution in [0.3, 0.4) is 0 Å². The van der Waals surface area contributed by atoms with Gasteiger partial charge in [0.1, 0.15) is 5.25 Å². The molecule has 1 aliphatic rings. The second-order valence-electron chi connectivity index (χ2n) is 5.62. The van der Waals surface area contributed by atoms with Gasteiger partial charge < -0.3 is 15.2 Å². The van der Waals surface area contributed by atoms with Crippen LogP contribution in [0.15, 0.2) is 34.5 Å². The number of hydrogen-bond donors (Lipinski definition) is 2. The molecule has 7 nitrogen and oxygen atoms in total. The summed E-state index contributed by atoms with van der Waals surface area (Å²) in [5.74, 6) is -1.38. The minimum atomic E-state index is -1.02. The molecule has 1 aliphatic heterocycles. The van der Waals surface area contributed by atoms with Crippen molar-refractivity contribution in [3.05, 3.63) is 35.4 Å². The largest absolute Gasteiger partial charge is 0.481 e. The molecular weight excluding hydrogens is 342 g/mol. The van der Waals surface area contributed by atoms with Crippen LogP contribution >= 0.6 is 11.8 Å². The van der Waals surface area contributed by atoms with Crippen molar-refractivity contribution in [3.8, 4) is 0 Å². The van der Waals surface area contributed by atoms with E-state index in [9.17, 15) is 9.59 Å². The van der Waals surface area contributed by atoms with Gasteiger partial charge in [0, 0.05) is 0 Å². The van der Waals surface area contributed by atoms with E-state index in [4.69, 9.17) is 9.84 Å². The highest BCUT2D eigenvalue weighted by Gasteiger charge is 2.32. The summed E-state index contributed by atoms with van der Waals surface area (Å²) in [6.07, 6.45) is 2.52. The number of nitrogens with one attached hydrogen (secondary N) is 1. The summed E-state index contributed by atoms with van der Waals surface area (Å²) in [5.41, 5.74) is 1.91. The van der Waals surface area contributed by atoms with Gasteiger partial charge in [-0.05, 0) is 30.5 Å². The predicted molar refractivity (Wildman–Crippen MR) is 97.8 cm³/mol. The molecule has 2 unspecified atom stereocenters. The molecule has 134 valence electrons. The number of benzene rings is 1. The highest BCUT2D eigenvalue weighted by molar-refractivity contribution is 8.15. The van der Waals surface area contributed by atoms with Crippen LogP contribution in [0.2, 0.25) is 0 Å². The Morgan fingerprint density at radius 1 is 1.52 bits per heavy atom. The fraction of sp³-hybridized carbons (Fsp3) is 0.412. The van der Waals surface area contributed by atoms with Gasteiger partial charge in [-0.25, -0.2) is 0 Å². The number of thioether (sulfide) groups is 1. The average molecular weight is 363 g/mol. The van der Waals surface area contributed by atoms with Gasteiger partial charge in [0.2, 0.25) is 5.91 Å². The number of carbonyl (C=O) groups is 2. The van der Waals surface area contributed by atoms with Crippen molar-refractivity contribution in [2.45, 2.75) is 44.6 Å². The zero-order valence-corrected chi connectivity index (χ0v) is 15.0. The van der Waals surface area contributed by atoms with E-state index in [0.29, 0.717) is 11.8 Å². The molecule has 0 saturated carbocycles. The lowest BCUT2D eigenvalue weighted by atomic mass is 10.1. The van der Waals surface area contributed by atoms with E-state index in [1.807, 2.05) is 31.2 Å². The van der Waals surface area contributed by atoms with Crippen molar-refractivity contribution < 1.29 is 19.4 Å². The standard InChI is InChI=1S/C17H21N3O4S/c1-3-11(2)24-10-13-6-4-5-12(7-13)9-18-20-17-19-16(23)14(25-17)8-15(21)22/h4-7,9,11,14H,3,8,10H2,1-2H3,(H,21,22)(H,19,20,23). The first-order chi connectivity index (χ1) is 12.0. The maximum atomic E-state index is 11.6. The van der Waals surface area contributed by atoms with Crippen LogP contribution < -0.4 is 5.32 Å². The fourth-order valence-corrected chi connectivity index (χ4v) is 2.93. The minimum Gasteiger partial charge on any atom is -0.481 e. The molecule has 1 heterocycles. The Morgan fingerprint density at radius 2 is 2.32 bits per heavy atom. The molecule has 2 rings (SSSR count). The minimum absolute atomic E-state index is 0.213. The number of carboxylic acid groups (broad SMARTS) is 1. The van der Waals surface area contributed by atoms with Crippen LogP contribution in [0.25, 0.3) is 0 Å². The van der Waals surface area contributed by atoms with Crippen molar-refractivity contribution in [1.29, 1.82) is 0 Å². The van der Waals surface area contributed by atoms with Crippen LogP contribution in [0.5, 0.6) is 0 Å². The maximum Gasteiger partial charge on any atom is 0.305 e. The third kappa shape index (κ3) is 6.32. The van der Waals surface area contributed by atoms with E-state index >= 15 is 0 Å². The molecular formula is C17H21N3O4S. The molecule has 1 amide bonds. The number of hydrogen-bond acceptors (Lipinski definition) is 6. The molecule has 1 aromatic rings. The van der Waals surface area contributed by atoms with E-state index in [2.05, 4.69) is 22.4 Å². The third-order valence-corrected chi connectivity index (χ3v) is 4.62. The molecule has 1 saturated heterocycles. The summed E-state index contributed by atoms with van der Waals surface area (Å²) in [5, 5.41) is 18.8. The van der Waals surface area contributed by atoms with E-state index in [0.717, 1.165) is 29.3 Å². The Kier molecular flexibility index (Phi) is 7.15. The second kappa shape index (κ2) is 9.33. The summed E-state index contributed by atoms with van der Waals surface area (Å²) >= 11 is 1.07. The summed E-state index contributed by atoms with van der Waals surface area (Å²) in [6.45, 7) is 4.65. The Balaban J connectivity index is 1.93. The first kappa shape index (κ1) is 19.1. The second-order valence-corrected chi connectivity index (χ2v) is 6.81. The van der Waals surface area contributed by atoms with Crippen molar-refractivity contribution in [2.24, 2.45) is 10.2 Å². The molecule has 2 N–H and O–H groups in total. The van der Waals surface area contributed by atoms with E-state index in [1.54, 1.807) is 6.21 Å². The number of amidine groups is 1. The first-order valence-electron chi connectivity index (χ1n) is 7.98. The lowest BCUT2D eigenvalue weighted by Gasteiger charge is -2.10. The van der Waals surface area contributed by atoms with Gasteiger partial charge in [-0.1, -0.05) is 36.9 Å². The highest BCUT2D eigenvalue weighted by Crippen LogP contribution is 2.22.